The Morgan fingerprint density at radius 2 is 1.72 bits per heavy atom. The highest BCUT2D eigenvalue weighted by atomic mass is 16.2. The minimum absolute atomic E-state index is 0.208. The molecule has 0 radical (unpaired) electrons. The molecule has 18 heavy (non-hydrogen) atoms. The van der Waals surface area contributed by atoms with Gasteiger partial charge in [-0.05, 0) is 30.2 Å². The van der Waals surface area contributed by atoms with Crippen molar-refractivity contribution in [2.45, 2.75) is 6.92 Å². The molecule has 0 aromatic heterocycles. The van der Waals surface area contributed by atoms with Crippen LogP contribution in [-0.4, -0.2) is 12.1 Å². The molecular formula is C15H14N2O. The number of rotatable bonds is 3. The lowest BCUT2D eigenvalue weighted by molar-refractivity contribution is 0.0955. The van der Waals surface area contributed by atoms with E-state index >= 15 is 0 Å². The molecule has 0 bridgehead atoms. The number of aryl methyl sites for hydroxylation is 1. The minimum Gasteiger partial charge on any atom is -0.267 e. The largest absolute Gasteiger partial charge is 0.271 e. The van der Waals surface area contributed by atoms with E-state index in [0.717, 1.165) is 11.1 Å². The molecule has 0 aliphatic rings. The summed E-state index contributed by atoms with van der Waals surface area (Å²) in [4.78, 5) is 11.7. The smallest absolute Gasteiger partial charge is 0.267 e. The molecule has 1 amide bonds. The molecule has 0 saturated heterocycles. The van der Waals surface area contributed by atoms with E-state index in [1.165, 1.54) is 0 Å². The zero-order valence-corrected chi connectivity index (χ0v) is 10.1. The number of carbonyl (C=O) groups is 1. The molecular weight excluding hydrogens is 224 g/mol. The Kier molecular flexibility index (Phi) is 3.86. The van der Waals surface area contributed by atoms with Gasteiger partial charge in [-0.1, -0.05) is 42.5 Å². The van der Waals surface area contributed by atoms with Crippen LogP contribution in [0.15, 0.2) is 59.7 Å². The SMILES string of the molecule is Cc1ccccc1/C=N\NC(=O)c1ccccc1. The first-order valence-electron chi connectivity index (χ1n) is 5.71. The summed E-state index contributed by atoms with van der Waals surface area (Å²) in [6.07, 6.45) is 1.65. The van der Waals surface area contributed by atoms with Crippen molar-refractivity contribution < 1.29 is 4.79 Å². The van der Waals surface area contributed by atoms with Gasteiger partial charge >= 0.3 is 0 Å². The molecule has 2 aromatic carbocycles. The van der Waals surface area contributed by atoms with Crippen LogP contribution in [0.25, 0.3) is 0 Å². The highest BCUT2D eigenvalue weighted by Crippen LogP contribution is 2.03. The summed E-state index contributed by atoms with van der Waals surface area (Å²) in [6.45, 7) is 2.00. The van der Waals surface area contributed by atoms with Gasteiger partial charge in [0.1, 0.15) is 0 Å². The van der Waals surface area contributed by atoms with Crippen LogP contribution in [0.2, 0.25) is 0 Å². The predicted molar refractivity (Wildman–Crippen MR) is 72.7 cm³/mol. The van der Waals surface area contributed by atoms with Crippen molar-refractivity contribution in [3.05, 3.63) is 71.3 Å². The van der Waals surface area contributed by atoms with Gasteiger partial charge in [0.2, 0.25) is 0 Å². The second-order valence-electron chi connectivity index (χ2n) is 3.92. The van der Waals surface area contributed by atoms with E-state index in [9.17, 15) is 4.79 Å². The average Bonchev–Trinajstić information content (AvgIpc) is 2.42. The number of nitrogens with zero attached hydrogens (tertiary/aromatic N) is 1. The molecule has 90 valence electrons. The number of benzene rings is 2. The zero-order chi connectivity index (χ0) is 12.8. The molecule has 1 N–H and O–H groups in total. The second-order valence-corrected chi connectivity index (χ2v) is 3.92. The first-order chi connectivity index (χ1) is 8.77. The zero-order valence-electron chi connectivity index (χ0n) is 10.1. The summed E-state index contributed by atoms with van der Waals surface area (Å²) in [5.41, 5.74) is 5.21. The van der Waals surface area contributed by atoms with Gasteiger partial charge < -0.3 is 0 Å². The monoisotopic (exact) mass is 238 g/mol. The number of hydrogen-bond donors (Lipinski definition) is 1. The number of hydrazone groups is 1. The Bertz CT molecular complexity index is 562. The van der Waals surface area contributed by atoms with E-state index in [0.29, 0.717) is 5.56 Å². The Hall–Kier alpha value is -2.42. The van der Waals surface area contributed by atoms with Crippen molar-refractivity contribution in [3.63, 3.8) is 0 Å². The van der Waals surface area contributed by atoms with Crippen LogP contribution in [0.5, 0.6) is 0 Å². The van der Waals surface area contributed by atoms with Crippen molar-refractivity contribution in [3.8, 4) is 0 Å². The maximum absolute atomic E-state index is 11.7. The lowest BCUT2D eigenvalue weighted by Gasteiger charge is -2.00. The molecule has 0 atom stereocenters. The number of amides is 1. The molecule has 0 aliphatic carbocycles. The standard InChI is InChI=1S/C15H14N2O/c1-12-7-5-6-10-14(12)11-16-17-15(18)13-8-3-2-4-9-13/h2-11H,1H3,(H,17,18)/b16-11-. The summed E-state index contributed by atoms with van der Waals surface area (Å²) in [7, 11) is 0. The van der Waals surface area contributed by atoms with Crippen LogP contribution in [0.3, 0.4) is 0 Å². The van der Waals surface area contributed by atoms with Crippen molar-refractivity contribution in [2.75, 3.05) is 0 Å². The summed E-state index contributed by atoms with van der Waals surface area (Å²) in [6, 6.07) is 16.9. The molecule has 3 heteroatoms. The Morgan fingerprint density at radius 3 is 2.44 bits per heavy atom. The van der Waals surface area contributed by atoms with Crippen LogP contribution >= 0.6 is 0 Å². The van der Waals surface area contributed by atoms with Gasteiger partial charge in [-0.15, -0.1) is 0 Å². The minimum atomic E-state index is -0.208. The van der Waals surface area contributed by atoms with Gasteiger partial charge in [0.15, 0.2) is 0 Å². The number of hydrogen-bond acceptors (Lipinski definition) is 2. The maximum Gasteiger partial charge on any atom is 0.271 e. The van der Waals surface area contributed by atoms with Gasteiger partial charge in [0.05, 0.1) is 6.21 Å². The summed E-state index contributed by atoms with van der Waals surface area (Å²) >= 11 is 0. The second kappa shape index (κ2) is 5.77. The van der Waals surface area contributed by atoms with Crippen LogP contribution in [0, 0.1) is 6.92 Å². The molecule has 3 nitrogen and oxygen atoms in total. The maximum atomic E-state index is 11.7. The first kappa shape index (κ1) is 12.0. The fourth-order valence-corrected chi connectivity index (χ4v) is 1.55. The molecule has 0 fully saturated rings. The third-order valence-electron chi connectivity index (χ3n) is 2.59. The van der Waals surface area contributed by atoms with E-state index in [2.05, 4.69) is 10.5 Å². The summed E-state index contributed by atoms with van der Waals surface area (Å²) in [5, 5.41) is 3.95. The van der Waals surface area contributed by atoms with Crippen LogP contribution in [-0.2, 0) is 0 Å². The Morgan fingerprint density at radius 1 is 1.06 bits per heavy atom. The van der Waals surface area contributed by atoms with E-state index in [1.54, 1.807) is 18.3 Å². The molecule has 0 spiro atoms. The van der Waals surface area contributed by atoms with Gasteiger partial charge in [-0.25, -0.2) is 5.43 Å². The molecule has 0 saturated carbocycles. The number of nitrogens with one attached hydrogen (secondary N) is 1. The quantitative estimate of drug-likeness (QED) is 0.648. The normalized spacial score (nSPS) is 10.5. The molecule has 0 unspecified atom stereocenters. The van der Waals surface area contributed by atoms with Crippen molar-refractivity contribution in [2.24, 2.45) is 5.10 Å². The Balaban J connectivity index is 2.00. The highest BCUT2D eigenvalue weighted by molar-refractivity contribution is 5.94. The van der Waals surface area contributed by atoms with Gasteiger partial charge in [0, 0.05) is 5.56 Å². The fraction of sp³-hybridized carbons (Fsp3) is 0.0667. The lowest BCUT2D eigenvalue weighted by Crippen LogP contribution is -2.17. The highest BCUT2D eigenvalue weighted by Gasteiger charge is 2.01. The third-order valence-corrected chi connectivity index (χ3v) is 2.59. The van der Waals surface area contributed by atoms with E-state index in [4.69, 9.17) is 0 Å². The summed E-state index contributed by atoms with van der Waals surface area (Å²) in [5.74, 6) is -0.208. The predicted octanol–water partition coefficient (Wildman–Crippen LogP) is 2.76. The van der Waals surface area contributed by atoms with E-state index in [1.807, 2.05) is 49.4 Å². The topological polar surface area (TPSA) is 41.5 Å². The number of carbonyl (C=O) groups excluding carboxylic acids is 1. The van der Waals surface area contributed by atoms with Crippen LogP contribution < -0.4 is 5.43 Å². The van der Waals surface area contributed by atoms with Gasteiger partial charge in [-0.3, -0.25) is 4.79 Å². The molecule has 0 aliphatic heterocycles. The van der Waals surface area contributed by atoms with Gasteiger partial charge in [0.25, 0.3) is 5.91 Å². The van der Waals surface area contributed by atoms with Crippen LogP contribution in [0.1, 0.15) is 21.5 Å². The van der Waals surface area contributed by atoms with E-state index in [-0.39, 0.29) is 5.91 Å². The van der Waals surface area contributed by atoms with E-state index < -0.39 is 0 Å². The molecule has 0 heterocycles. The van der Waals surface area contributed by atoms with Crippen molar-refractivity contribution in [1.29, 1.82) is 0 Å². The average molecular weight is 238 g/mol. The van der Waals surface area contributed by atoms with Gasteiger partial charge in [-0.2, -0.15) is 5.10 Å². The summed E-state index contributed by atoms with van der Waals surface area (Å²) < 4.78 is 0. The molecule has 2 rings (SSSR count). The fourth-order valence-electron chi connectivity index (χ4n) is 1.55. The Labute approximate surface area is 106 Å². The molecule has 2 aromatic rings. The van der Waals surface area contributed by atoms with Crippen molar-refractivity contribution in [1.82, 2.24) is 5.43 Å². The lowest BCUT2D eigenvalue weighted by atomic mass is 10.1. The first-order valence-corrected chi connectivity index (χ1v) is 5.71. The van der Waals surface area contributed by atoms with Crippen LogP contribution in [0.4, 0.5) is 0 Å². The third kappa shape index (κ3) is 3.04. The van der Waals surface area contributed by atoms with Crippen molar-refractivity contribution >= 4 is 12.1 Å².